The van der Waals surface area contributed by atoms with Gasteiger partial charge in [-0.1, -0.05) is 0 Å². The lowest BCUT2D eigenvalue weighted by Gasteiger charge is -2.35. The van der Waals surface area contributed by atoms with Crippen LogP contribution in [0.2, 0.25) is 0 Å². The van der Waals surface area contributed by atoms with Crippen LogP contribution >= 0.6 is 23.5 Å². The lowest BCUT2D eigenvalue weighted by molar-refractivity contribution is 0.403. The summed E-state index contributed by atoms with van der Waals surface area (Å²) in [6.45, 7) is 0. The normalized spacial score (nSPS) is 16.2. The van der Waals surface area contributed by atoms with Crippen LogP contribution in [0.4, 0.5) is 0 Å². The largest absolute Gasteiger partial charge is 0.566 e. The number of nitrogens with two attached hydrogens (primary N) is 1. The van der Waals surface area contributed by atoms with E-state index in [1.807, 2.05) is 0 Å². The van der Waals surface area contributed by atoms with Gasteiger partial charge in [-0.05, 0) is 107 Å². The van der Waals surface area contributed by atoms with Crippen LogP contribution in [-0.2, 0) is 0 Å². The third-order valence-electron chi connectivity index (χ3n) is 6.02. The predicted molar refractivity (Wildman–Crippen MR) is 172 cm³/mol. The van der Waals surface area contributed by atoms with Crippen molar-refractivity contribution in [1.82, 2.24) is 14.6 Å². The van der Waals surface area contributed by atoms with Gasteiger partial charge in [0.25, 0.3) is 0 Å². The van der Waals surface area contributed by atoms with E-state index in [-0.39, 0.29) is 0 Å². The summed E-state index contributed by atoms with van der Waals surface area (Å²) in [5, 5.41) is 9.14. The molecule has 1 fully saturated rings. The Bertz CT molecular complexity index is 1370. The third kappa shape index (κ3) is 7.83. The van der Waals surface area contributed by atoms with Gasteiger partial charge in [0.1, 0.15) is 27.9 Å². The number of benzene rings is 4. The van der Waals surface area contributed by atoms with Crippen LogP contribution in [0.1, 0.15) is 0 Å². The maximum Gasteiger partial charge on any atom is 0.566 e. The summed E-state index contributed by atoms with van der Waals surface area (Å²) >= 11 is 0. The predicted octanol–water partition coefficient (Wildman–Crippen LogP) is 6.96. The topological polar surface area (TPSA) is 160 Å². The van der Waals surface area contributed by atoms with Gasteiger partial charge in [-0.25, -0.2) is 0 Å². The SMILES string of the molecule is COc1ccc(O[P+]2(Oc3ccc(OC)cc3)NP(=N)(N)N[P+](Oc3ccc(OC)cc3)(Oc3ccc(OC)cc3)N2)cc1. The van der Waals surface area contributed by atoms with Crippen LogP contribution in [0.3, 0.4) is 0 Å². The van der Waals surface area contributed by atoms with Crippen molar-refractivity contribution in [2.75, 3.05) is 28.4 Å². The van der Waals surface area contributed by atoms with Crippen LogP contribution in [0.25, 0.3) is 0 Å². The van der Waals surface area contributed by atoms with E-state index in [9.17, 15) is 0 Å². The van der Waals surface area contributed by atoms with E-state index in [2.05, 4.69) is 14.6 Å². The molecule has 0 spiro atoms. The van der Waals surface area contributed by atoms with Crippen molar-refractivity contribution in [3.05, 3.63) is 97.1 Å². The standard InChI is InChI=1S/C28H34N5O8P3/c1-34-21-5-13-25(14-6-21)38-43(39-26-15-7-22(35-2)8-16-26)31-42(29,30)32-44(33-43,40-27-17-9-23(36-3)10-18-27)41-28-19-11-24(37-4)12-20-28/h5-20,33H,1-4H3,(H5,29,30,31,32)/q+2. The molecule has 1 aliphatic heterocycles. The molecule has 5 rings (SSSR count). The average molecular weight is 662 g/mol. The molecule has 0 atom stereocenters. The Labute approximate surface area is 257 Å². The number of hydrogen-bond acceptors (Lipinski definition) is 10. The van der Waals surface area contributed by atoms with Crippen molar-refractivity contribution >= 4 is 23.5 Å². The van der Waals surface area contributed by atoms with Gasteiger partial charge in [0.15, 0.2) is 23.0 Å². The van der Waals surface area contributed by atoms with Gasteiger partial charge in [0.2, 0.25) is 7.51 Å². The fraction of sp³-hybridized carbons (Fsp3) is 0.143. The van der Waals surface area contributed by atoms with Crippen LogP contribution in [0, 0.1) is 5.16 Å². The molecule has 1 heterocycles. The summed E-state index contributed by atoms with van der Waals surface area (Å²) in [6.07, 6.45) is 0. The molecular formula is C28H34N5O8P3+2. The molecule has 0 unspecified atom stereocenters. The molecule has 13 nitrogen and oxygen atoms in total. The minimum atomic E-state index is -3.59. The number of hydrogen-bond donors (Lipinski definition) is 5. The Morgan fingerprint density at radius 3 is 0.864 bits per heavy atom. The molecule has 232 valence electrons. The van der Waals surface area contributed by atoms with Crippen molar-refractivity contribution in [1.29, 1.82) is 5.16 Å². The highest BCUT2D eigenvalue weighted by Crippen LogP contribution is 2.74. The molecule has 0 saturated carbocycles. The first-order chi connectivity index (χ1) is 21.2. The Hall–Kier alpha value is -3.79. The molecule has 0 radical (unpaired) electrons. The van der Waals surface area contributed by atoms with Crippen molar-refractivity contribution in [3.63, 3.8) is 0 Å². The van der Waals surface area contributed by atoms with Gasteiger partial charge in [-0.3, -0.25) is 28.8 Å². The fourth-order valence-electron chi connectivity index (χ4n) is 4.00. The zero-order chi connectivity index (χ0) is 31.2. The maximum atomic E-state index is 9.14. The van der Waals surface area contributed by atoms with E-state index in [0.29, 0.717) is 46.0 Å². The number of nitrogens with one attached hydrogen (secondary N) is 4. The smallest absolute Gasteiger partial charge is 0.497 e. The lowest BCUT2D eigenvalue weighted by atomic mass is 10.3. The van der Waals surface area contributed by atoms with E-state index in [1.54, 1.807) is 126 Å². The second-order valence-corrected chi connectivity index (χ2v) is 16.0. The summed E-state index contributed by atoms with van der Waals surface area (Å²) in [6, 6.07) is 27.7. The van der Waals surface area contributed by atoms with E-state index >= 15 is 0 Å². The second kappa shape index (κ2) is 13.5. The highest BCUT2D eigenvalue weighted by molar-refractivity contribution is 7.92. The molecule has 1 aliphatic rings. The van der Waals surface area contributed by atoms with E-state index in [0.717, 1.165) is 0 Å². The Morgan fingerprint density at radius 2 is 0.659 bits per heavy atom. The minimum Gasteiger partial charge on any atom is -0.497 e. The highest BCUT2D eigenvalue weighted by atomic mass is 31.3. The van der Waals surface area contributed by atoms with Crippen LogP contribution in [0.15, 0.2) is 97.1 Å². The Kier molecular flexibility index (Phi) is 9.68. The van der Waals surface area contributed by atoms with Crippen LogP contribution < -0.4 is 57.1 Å². The first-order valence-electron chi connectivity index (χ1n) is 13.1. The van der Waals surface area contributed by atoms with Crippen molar-refractivity contribution < 1.29 is 37.0 Å². The van der Waals surface area contributed by atoms with Gasteiger partial charge >= 0.3 is 16.0 Å². The van der Waals surface area contributed by atoms with Gasteiger partial charge in [0, 0.05) is 0 Å². The quantitative estimate of drug-likeness (QED) is 0.0995. The molecule has 4 aromatic rings. The Balaban J connectivity index is 1.60. The molecule has 44 heavy (non-hydrogen) atoms. The maximum absolute atomic E-state index is 9.14. The summed E-state index contributed by atoms with van der Waals surface area (Å²) in [5.41, 5.74) is 6.60. The van der Waals surface area contributed by atoms with Crippen molar-refractivity contribution in [3.8, 4) is 46.0 Å². The van der Waals surface area contributed by atoms with Gasteiger partial charge in [-0.2, -0.15) is 0 Å². The van der Waals surface area contributed by atoms with Gasteiger partial charge < -0.3 is 18.9 Å². The summed E-state index contributed by atoms with van der Waals surface area (Å²) in [7, 11) is -4.37. The zero-order valence-electron chi connectivity index (χ0n) is 24.4. The fourth-order valence-corrected chi connectivity index (χ4v) is 13.5. The molecule has 0 aliphatic carbocycles. The lowest BCUT2D eigenvalue weighted by Crippen LogP contribution is -2.49. The van der Waals surface area contributed by atoms with Gasteiger partial charge in [0.05, 0.1) is 28.4 Å². The van der Waals surface area contributed by atoms with E-state index in [1.165, 1.54) is 0 Å². The van der Waals surface area contributed by atoms with E-state index < -0.39 is 23.5 Å². The second-order valence-electron chi connectivity index (χ2n) is 9.19. The molecule has 0 amide bonds. The summed E-state index contributed by atoms with van der Waals surface area (Å²) < 4.78 is 47.4. The number of methoxy groups -OCH3 is 4. The summed E-state index contributed by atoms with van der Waals surface area (Å²) in [5.74, 6) is 4.23. The minimum absolute atomic E-state index is 0.418. The van der Waals surface area contributed by atoms with E-state index in [4.69, 9.17) is 47.7 Å². The molecule has 16 heteroatoms. The van der Waals surface area contributed by atoms with Crippen LogP contribution in [0.5, 0.6) is 46.0 Å². The average Bonchev–Trinajstić information content (AvgIpc) is 3.01. The monoisotopic (exact) mass is 661 g/mol. The third-order valence-corrected chi connectivity index (χ3v) is 14.6. The molecule has 0 bridgehead atoms. The van der Waals surface area contributed by atoms with Gasteiger partial charge in [-0.15, -0.1) is 0 Å². The molecule has 0 aromatic heterocycles. The summed E-state index contributed by atoms with van der Waals surface area (Å²) in [4.78, 5) is 9.54. The highest BCUT2D eigenvalue weighted by Gasteiger charge is 2.73. The van der Waals surface area contributed by atoms with Crippen molar-refractivity contribution in [2.24, 2.45) is 5.50 Å². The number of ether oxygens (including phenoxy) is 4. The van der Waals surface area contributed by atoms with Crippen LogP contribution in [-0.4, -0.2) is 28.4 Å². The first-order valence-corrected chi connectivity index (χ1v) is 18.2. The molecule has 4 aromatic carbocycles. The van der Waals surface area contributed by atoms with Crippen molar-refractivity contribution in [2.45, 2.75) is 0 Å². The molecular weight excluding hydrogens is 627 g/mol. The number of rotatable bonds is 12. The molecule has 6 N–H and O–H groups in total. The Morgan fingerprint density at radius 1 is 0.455 bits per heavy atom. The first kappa shape index (κ1) is 31.6. The molecule has 1 saturated heterocycles. The zero-order valence-corrected chi connectivity index (χ0v) is 27.1.